The van der Waals surface area contributed by atoms with Gasteiger partial charge < -0.3 is 29.5 Å². The lowest BCUT2D eigenvalue weighted by atomic mass is 9.70. The molecule has 2 bridgehead atoms. The summed E-state index contributed by atoms with van der Waals surface area (Å²) in [6.07, 6.45) is 11.1. The number of aliphatic carboxylic acids is 1. The number of carboxylic acids is 1. The van der Waals surface area contributed by atoms with Crippen molar-refractivity contribution in [1.82, 2.24) is 4.90 Å². The summed E-state index contributed by atoms with van der Waals surface area (Å²) in [5, 5.41) is 22.8. The number of rotatable bonds is 2. The third-order valence-corrected chi connectivity index (χ3v) is 10.5. The molecule has 6 rings (SSSR count). The molecule has 2 aromatic carbocycles. The van der Waals surface area contributed by atoms with E-state index in [-0.39, 0.29) is 23.6 Å². The van der Waals surface area contributed by atoms with Crippen LogP contribution in [0.4, 0.5) is 5.69 Å². The molecule has 2 aromatic rings. The number of halogens is 1. The Balaban J connectivity index is 1.43. The SMILES string of the molecule is CO[C@H]1/C=C/C[C@@H]2CCCN2C(=O)C[C@](O)(C(=O)O)c2ccc3c(c2)N(CCCCc2cc(Cl)ccc2CO3)C[C@@H]2CC[C@H]21. The molecule has 2 N–H and O–H groups in total. The average molecular weight is 623 g/mol. The molecule has 1 saturated carbocycles. The Hall–Kier alpha value is -3.07. The van der Waals surface area contributed by atoms with Gasteiger partial charge in [-0.05, 0) is 104 Å². The number of carboxylic acid groups (broad SMARTS) is 1. The number of hydrogen-bond donors (Lipinski definition) is 2. The van der Waals surface area contributed by atoms with Gasteiger partial charge in [0.15, 0.2) is 5.60 Å². The quantitative estimate of drug-likeness (QED) is 0.414. The number of ether oxygens (including phenoxy) is 2. The van der Waals surface area contributed by atoms with Gasteiger partial charge in [0.25, 0.3) is 0 Å². The highest BCUT2D eigenvalue weighted by Crippen LogP contribution is 2.43. The maximum absolute atomic E-state index is 13.6. The van der Waals surface area contributed by atoms with E-state index in [2.05, 4.69) is 17.1 Å². The fourth-order valence-corrected chi connectivity index (χ4v) is 7.72. The fourth-order valence-electron chi connectivity index (χ4n) is 7.53. The van der Waals surface area contributed by atoms with E-state index in [0.29, 0.717) is 42.2 Å². The standard InChI is InChI=1S/C35H43ClN2O6/c1-43-31-9-4-7-28-8-5-17-38(28)33(39)20-35(42,34(40)41)26-12-15-32-30(19-26)37(21-24-11-14-29(24)31)16-3-2-6-23-18-27(36)13-10-25(23)22-44-32/h4,9-10,12-13,15,18-19,24,28-29,31,42H,2-3,5-8,11,14,16-17,20-22H2,1H3,(H,40,41)/b9-4+/t24-,28+,29+,31-,35+/m0/s1. The van der Waals surface area contributed by atoms with E-state index in [1.165, 1.54) is 5.56 Å². The minimum atomic E-state index is -2.37. The van der Waals surface area contributed by atoms with Gasteiger partial charge in [0, 0.05) is 37.8 Å². The van der Waals surface area contributed by atoms with E-state index in [9.17, 15) is 19.8 Å². The summed E-state index contributed by atoms with van der Waals surface area (Å²) in [5.41, 5.74) is 0.799. The molecular weight excluding hydrogens is 580 g/mol. The van der Waals surface area contributed by atoms with Gasteiger partial charge in [-0.3, -0.25) is 4.79 Å². The number of benzene rings is 2. The second kappa shape index (κ2) is 13.1. The van der Waals surface area contributed by atoms with Crippen LogP contribution in [0.1, 0.15) is 68.1 Å². The number of hydrogen-bond acceptors (Lipinski definition) is 6. The van der Waals surface area contributed by atoms with Gasteiger partial charge in [0.2, 0.25) is 5.91 Å². The van der Waals surface area contributed by atoms with E-state index >= 15 is 0 Å². The summed E-state index contributed by atoms with van der Waals surface area (Å²) in [6.45, 7) is 2.40. The minimum Gasteiger partial charge on any atom is -0.487 e. The molecule has 1 saturated heterocycles. The summed E-state index contributed by atoms with van der Waals surface area (Å²) < 4.78 is 12.4. The number of carbonyl (C=O) groups is 2. The second-order valence-electron chi connectivity index (χ2n) is 12.9. The Morgan fingerprint density at radius 1 is 1.07 bits per heavy atom. The molecule has 0 aromatic heterocycles. The Morgan fingerprint density at radius 2 is 1.93 bits per heavy atom. The number of carbonyl (C=O) groups excluding carboxylic acids is 1. The number of aryl methyl sites for hydroxylation is 1. The molecule has 236 valence electrons. The highest BCUT2D eigenvalue weighted by Gasteiger charge is 2.44. The molecular formula is C35H43ClN2O6. The average Bonchev–Trinajstić information content (AvgIpc) is 3.46. The number of amides is 1. The van der Waals surface area contributed by atoms with E-state index in [1.807, 2.05) is 18.2 Å². The fraction of sp³-hybridized carbons (Fsp3) is 0.543. The molecule has 1 aliphatic carbocycles. The van der Waals surface area contributed by atoms with Gasteiger partial charge in [0.1, 0.15) is 12.4 Å². The third-order valence-electron chi connectivity index (χ3n) is 10.3. The Kier molecular flexibility index (Phi) is 9.22. The highest BCUT2D eigenvalue weighted by molar-refractivity contribution is 6.30. The van der Waals surface area contributed by atoms with Crippen LogP contribution in [0.2, 0.25) is 5.02 Å². The lowest BCUT2D eigenvalue weighted by Gasteiger charge is -2.43. The van der Waals surface area contributed by atoms with Gasteiger partial charge in [-0.25, -0.2) is 4.79 Å². The summed E-state index contributed by atoms with van der Waals surface area (Å²) in [4.78, 5) is 30.4. The molecule has 3 heterocycles. The van der Waals surface area contributed by atoms with E-state index in [0.717, 1.165) is 69.3 Å². The first-order valence-electron chi connectivity index (χ1n) is 16.0. The lowest BCUT2D eigenvalue weighted by Crippen LogP contribution is -2.45. The van der Waals surface area contributed by atoms with Gasteiger partial charge in [-0.1, -0.05) is 35.9 Å². The van der Waals surface area contributed by atoms with Gasteiger partial charge in [0.05, 0.1) is 18.2 Å². The molecule has 1 amide bonds. The first kappa shape index (κ1) is 30.9. The highest BCUT2D eigenvalue weighted by atomic mass is 35.5. The van der Waals surface area contributed by atoms with Crippen LogP contribution in [0.15, 0.2) is 48.6 Å². The van der Waals surface area contributed by atoms with E-state index < -0.39 is 18.0 Å². The predicted octanol–water partition coefficient (Wildman–Crippen LogP) is 5.72. The van der Waals surface area contributed by atoms with Crippen LogP contribution in [-0.2, 0) is 33.0 Å². The maximum atomic E-state index is 13.6. The zero-order valence-electron chi connectivity index (χ0n) is 25.4. The number of aliphatic hydroxyl groups is 1. The monoisotopic (exact) mass is 622 g/mol. The van der Waals surface area contributed by atoms with Crippen molar-refractivity contribution < 1.29 is 29.3 Å². The van der Waals surface area contributed by atoms with E-state index in [4.69, 9.17) is 21.1 Å². The molecule has 44 heavy (non-hydrogen) atoms. The second-order valence-corrected chi connectivity index (χ2v) is 13.3. The van der Waals surface area contributed by atoms with Crippen molar-refractivity contribution in [1.29, 1.82) is 0 Å². The van der Waals surface area contributed by atoms with Crippen molar-refractivity contribution in [2.45, 2.75) is 82.1 Å². The van der Waals surface area contributed by atoms with Crippen LogP contribution in [0.3, 0.4) is 0 Å². The van der Waals surface area contributed by atoms with Crippen molar-refractivity contribution in [3.8, 4) is 5.75 Å². The normalized spacial score (nSPS) is 30.1. The van der Waals surface area contributed by atoms with Crippen molar-refractivity contribution in [2.24, 2.45) is 11.8 Å². The van der Waals surface area contributed by atoms with Crippen molar-refractivity contribution in [2.75, 3.05) is 31.6 Å². The Morgan fingerprint density at radius 3 is 2.70 bits per heavy atom. The van der Waals surface area contributed by atoms with Gasteiger partial charge in [-0.15, -0.1) is 0 Å². The molecule has 8 nitrogen and oxygen atoms in total. The summed E-state index contributed by atoms with van der Waals surface area (Å²) in [7, 11) is 1.77. The van der Waals surface area contributed by atoms with E-state index in [1.54, 1.807) is 30.2 Å². The Labute approximate surface area is 264 Å². The van der Waals surface area contributed by atoms with Crippen molar-refractivity contribution >= 4 is 29.2 Å². The van der Waals surface area contributed by atoms with Crippen molar-refractivity contribution in [3.63, 3.8) is 0 Å². The van der Waals surface area contributed by atoms with Gasteiger partial charge in [-0.2, -0.15) is 0 Å². The largest absolute Gasteiger partial charge is 0.487 e. The zero-order chi connectivity index (χ0) is 30.8. The Bertz CT molecular complexity index is 1410. The van der Waals surface area contributed by atoms with Gasteiger partial charge >= 0.3 is 5.97 Å². The minimum absolute atomic E-state index is 0.00505. The molecule has 0 spiro atoms. The zero-order valence-corrected chi connectivity index (χ0v) is 26.2. The number of nitrogens with zero attached hydrogens (tertiary/aromatic N) is 2. The molecule has 0 radical (unpaired) electrons. The predicted molar refractivity (Wildman–Crippen MR) is 169 cm³/mol. The number of methoxy groups -OCH3 is 1. The lowest BCUT2D eigenvalue weighted by molar-refractivity contribution is -0.165. The topological polar surface area (TPSA) is 99.5 Å². The number of fused-ring (bicyclic) bond motifs is 4. The molecule has 0 unspecified atom stereocenters. The summed E-state index contributed by atoms with van der Waals surface area (Å²) in [6, 6.07) is 11.0. The van der Waals surface area contributed by atoms with Crippen LogP contribution >= 0.6 is 11.6 Å². The van der Waals surface area contributed by atoms with Crippen LogP contribution in [0, 0.1) is 11.8 Å². The molecule has 2 fully saturated rings. The van der Waals surface area contributed by atoms with Crippen LogP contribution in [-0.4, -0.2) is 65.9 Å². The van der Waals surface area contributed by atoms with Crippen molar-refractivity contribution in [3.05, 3.63) is 70.3 Å². The summed E-state index contributed by atoms with van der Waals surface area (Å²) >= 11 is 6.34. The van der Waals surface area contributed by atoms with Crippen LogP contribution < -0.4 is 9.64 Å². The molecule has 3 aliphatic heterocycles. The smallest absolute Gasteiger partial charge is 0.340 e. The number of anilines is 1. The molecule has 4 aliphatic rings. The molecule has 5 atom stereocenters. The molecule has 9 heteroatoms. The van der Waals surface area contributed by atoms with Crippen LogP contribution in [0.25, 0.3) is 0 Å². The first-order valence-corrected chi connectivity index (χ1v) is 16.4. The summed E-state index contributed by atoms with van der Waals surface area (Å²) in [5.74, 6) is -0.411. The first-order chi connectivity index (χ1) is 21.3. The maximum Gasteiger partial charge on any atom is 0.340 e. The van der Waals surface area contributed by atoms with Crippen LogP contribution in [0.5, 0.6) is 5.75 Å². The third kappa shape index (κ3) is 6.22.